The molecule has 1 N–H and O–H groups in total. The lowest BCUT2D eigenvalue weighted by molar-refractivity contribution is 0.548. The van der Waals surface area contributed by atoms with E-state index in [9.17, 15) is 8.78 Å². The quantitative estimate of drug-likeness (QED) is 0.745. The van der Waals surface area contributed by atoms with E-state index in [2.05, 4.69) is 19.9 Å². The number of hydrogen-bond acceptors (Lipinski definition) is 4. The summed E-state index contributed by atoms with van der Waals surface area (Å²) in [5, 5.41) is 0. The van der Waals surface area contributed by atoms with Crippen molar-refractivity contribution in [2.24, 2.45) is 0 Å². The Kier molecular flexibility index (Phi) is 2.60. The predicted octanol–water partition coefficient (Wildman–Crippen LogP) is 2.19. The number of imidazole rings is 1. The van der Waals surface area contributed by atoms with Crippen LogP contribution < -0.4 is 4.90 Å². The van der Waals surface area contributed by atoms with Gasteiger partial charge in [0, 0.05) is 18.7 Å². The molecule has 0 fully saturated rings. The van der Waals surface area contributed by atoms with Crippen molar-refractivity contribution < 1.29 is 8.78 Å². The van der Waals surface area contributed by atoms with Crippen LogP contribution in [0.3, 0.4) is 0 Å². The summed E-state index contributed by atoms with van der Waals surface area (Å²) in [6, 6.07) is 2.35. The minimum Gasteiger partial charge on any atom is -0.350 e. The zero-order valence-corrected chi connectivity index (χ0v) is 11.0. The molecule has 0 spiro atoms. The second-order valence-electron chi connectivity index (χ2n) is 4.96. The Labute approximate surface area is 118 Å². The zero-order valence-electron chi connectivity index (χ0n) is 11.0. The number of nitrogens with zero attached hydrogens (tertiary/aromatic N) is 4. The number of benzene rings is 1. The molecule has 106 valence electrons. The molecule has 3 heterocycles. The monoisotopic (exact) mass is 287 g/mol. The fourth-order valence-corrected chi connectivity index (χ4v) is 2.77. The Morgan fingerprint density at radius 1 is 1.05 bits per heavy atom. The van der Waals surface area contributed by atoms with Gasteiger partial charge in [-0.15, -0.1) is 0 Å². The molecule has 0 amide bonds. The van der Waals surface area contributed by atoms with Gasteiger partial charge in [0.25, 0.3) is 0 Å². The number of H-pyrrole nitrogens is 1. The standard InChI is InChI=1S/C14H11F2N5/c15-10-1-2-11(16)9-5-21(4-3-8(9)10)14-12-13(18-6-17-12)19-7-20-14/h1-2,6-7H,3-5H2,(H,17,18,19,20). The number of aromatic amines is 1. The van der Waals surface area contributed by atoms with Crippen LogP contribution in [-0.2, 0) is 13.0 Å². The van der Waals surface area contributed by atoms with Crippen LogP contribution in [0.15, 0.2) is 24.8 Å². The lowest BCUT2D eigenvalue weighted by atomic mass is 9.98. The molecular formula is C14H11F2N5. The molecule has 7 heteroatoms. The Hall–Kier alpha value is -2.57. The van der Waals surface area contributed by atoms with Crippen molar-refractivity contribution in [3.8, 4) is 0 Å². The molecule has 0 radical (unpaired) electrons. The highest BCUT2D eigenvalue weighted by Crippen LogP contribution is 2.29. The van der Waals surface area contributed by atoms with Crippen molar-refractivity contribution in [3.63, 3.8) is 0 Å². The molecule has 0 unspecified atom stereocenters. The molecule has 1 aromatic carbocycles. The van der Waals surface area contributed by atoms with E-state index in [0.717, 1.165) is 0 Å². The molecule has 4 rings (SSSR count). The highest BCUT2D eigenvalue weighted by atomic mass is 19.1. The molecule has 2 aromatic heterocycles. The fraction of sp³-hybridized carbons (Fsp3) is 0.214. The Morgan fingerprint density at radius 2 is 1.86 bits per heavy atom. The zero-order chi connectivity index (χ0) is 14.4. The third-order valence-electron chi connectivity index (χ3n) is 3.80. The molecule has 0 saturated heterocycles. The van der Waals surface area contributed by atoms with Crippen molar-refractivity contribution in [1.82, 2.24) is 19.9 Å². The second kappa shape index (κ2) is 4.47. The van der Waals surface area contributed by atoms with Crippen molar-refractivity contribution >= 4 is 17.0 Å². The molecule has 3 aromatic rings. The topological polar surface area (TPSA) is 57.7 Å². The average molecular weight is 287 g/mol. The molecule has 0 bridgehead atoms. The summed E-state index contributed by atoms with van der Waals surface area (Å²) < 4.78 is 27.7. The van der Waals surface area contributed by atoms with Gasteiger partial charge in [0.1, 0.15) is 23.5 Å². The molecule has 0 aliphatic carbocycles. The number of aromatic nitrogens is 4. The molecule has 1 aliphatic heterocycles. The van der Waals surface area contributed by atoms with Gasteiger partial charge in [-0.3, -0.25) is 0 Å². The first kappa shape index (κ1) is 12.2. The van der Waals surface area contributed by atoms with Gasteiger partial charge in [-0.25, -0.2) is 23.7 Å². The molecular weight excluding hydrogens is 276 g/mol. The minimum absolute atomic E-state index is 0.282. The van der Waals surface area contributed by atoms with Gasteiger partial charge in [-0.05, 0) is 24.1 Å². The van der Waals surface area contributed by atoms with E-state index in [1.807, 2.05) is 4.90 Å². The molecule has 1 aliphatic rings. The second-order valence-corrected chi connectivity index (χ2v) is 4.96. The maximum atomic E-state index is 13.9. The van der Waals surface area contributed by atoms with E-state index in [1.54, 1.807) is 6.33 Å². The summed E-state index contributed by atoms with van der Waals surface area (Å²) >= 11 is 0. The van der Waals surface area contributed by atoms with Crippen LogP contribution in [0, 0.1) is 11.6 Å². The number of fused-ring (bicyclic) bond motifs is 2. The largest absolute Gasteiger partial charge is 0.350 e. The lowest BCUT2D eigenvalue weighted by Crippen LogP contribution is -2.32. The van der Waals surface area contributed by atoms with Crippen molar-refractivity contribution in [2.45, 2.75) is 13.0 Å². The molecule has 21 heavy (non-hydrogen) atoms. The van der Waals surface area contributed by atoms with Gasteiger partial charge >= 0.3 is 0 Å². The van der Waals surface area contributed by atoms with Crippen molar-refractivity contribution in [3.05, 3.63) is 47.5 Å². The van der Waals surface area contributed by atoms with Gasteiger partial charge in [-0.2, -0.15) is 0 Å². The fourth-order valence-electron chi connectivity index (χ4n) is 2.77. The summed E-state index contributed by atoms with van der Waals surface area (Å²) in [5.74, 6) is -0.0711. The summed E-state index contributed by atoms with van der Waals surface area (Å²) in [6.45, 7) is 0.850. The maximum Gasteiger partial charge on any atom is 0.182 e. The maximum absolute atomic E-state index is 13.9. The summed E-state index contributed by atoms with van der Waals surface area (Å²) in [5.41, 5.74) is 2.12. The van der Waals surface area contributed by atoms with Gasteiger partial charge in [0.05, 0.1) is 6.33 Å². The molecule has 0 saturated carbocycles. The van der Waals surface area contributed by atoms with E-state index in [4.69, 9.17) is 0 Å². The van der Waals surface area contributed by atoms with Crippen molar-refractivity contribution in [1.29, 1.82) is 0 Å². The lowest BCUT2D eigenvalue weighted by Gasteiger charge is -2.30. The van der Waals surface area contributed by atoms with E-state index in [-0.39, 0.29) is 18.2 Å². The van der Waals surface area contributed by atoms with Gasteiger partial charge in [-0.1, -0.05) is 0 Å². The Bertz CT molecular complexity index is 829. The summed E-state index contributed by atoms with van der Waals surface area (Å²) in [4.78, 5) is 17.3. The van der Waals surface area contributed by atoms with Crippen LogP contribution in [0.4, 0.5) is 14.6 Å². The predicted molar refractivity (Wildman–Crippen MR) is 72.8 cm³/mol. The summed E-state index contributed by atoms with van der Waals surface area (Å²) in [7, 11) is 0. The van der Waals surface area contributed by atoms with Crippen molar-refractivity contribution in [2.75, 3.05) is 11.4 Å². The highest BCUT2D eigenvalue weighted by molar-refractivity contribution is 5.82. The smallest absolute Gasteiger partial charge is 0.182 e. The van der Waals surface area contributed by atoms with E-state index in [1.165, 1.54) is 18.5 Å². The first-order chi connectivity index (χ1) is 10.2. The Balaban J connectivity index is 1.79. The van der Waals surface area contributed by atoms with Crippen LogP contribution in [0.1, 0.15) is 11.1 Å². The van der Waals surface area contributed by atoms with E-state index in [0.29, 0.717) is 41.1 Å². The number of anilines is 1. The number of nitrogens with one attached hydrogen (secondary N) is 1. The van der Waals surface area contributed by atoms with Crippen LogP contribution in [-0.4, -0.2) is 26.5 Å². The molecule has 0 atom stereocenters. The SMILES string of the molecule is Fc1ccc(F)c2c1CCN(c1ncnc3nc[nH]c13)C2. The van der Waals surface area contributed by atoms with E-state index >= 15 is 0 Å². The van der Waals surface area contributed by atoms with E-state index < -0.39 is 0 Å². The highest BCUT2D eigenvalue weighted by Gasteiger charge is 2.24. The number of rotatable bonds is 1. The first-order valence-electron chi connectivity index (χ1n) is 6.59. The Morgan fingerprint density at radius 3 is 2.71 bits per heavy atom. The minimum atomic E-state index is -0.383. The number of halogens is 2. The molecule has 5 nitrogen and oxygen atoms in total. The first-order valence-corrected chi connectivity index (χ1v) is 6.59. The van der Waals surface area contributed by atoms with Gasteiger partial charge in [0.2, 0.25) is 0 Å². The van der Waals surface area contributed by atoms with Gasteiger partial charge < -0.3 is 9.88 Å². The third kappa shape index (κ3) is 1.84. The third-order valence-corrected chi connectivity index (χ3v) is 3.80. The van der Waals surface area contributed by atoms with Gasteiger partial charge in [0.15, 0.2) is 11.5 Å². The van der Waals surface area contributed by atoms with Crippen LogP contribution >= 0.6 is 0 Å². The van der Waals surface area contributed by atoms with Crippen LogP contribution in [0.5, 0.6) is 0 Å². The normalized spacial score (nSPS) is 14.5. The average Bonchev–Trinajstić information content (AvgIpc) is 2.99. The van der Waals surface area contributed by atoms with Crippen LogP contribution in [0.25, 0.3) is 11.2 Å². The summed E-state index contributed by atoms with van der Waals surface area (Å²) in [6.07, 6.45) is 3.41. The van der Waals surface area contributed by atoms with Crippen LogP contribution in [0.2, 0.25) is 0 Å². The number of hydrogen-bond donors (Lipinski definition) is 1.